The maximum absolute atomic E-state index is 4.68. The van der Waals surface area contributed by atoms with E-state index in [1.165, 1.54) is 24.8 Å². The molecule has 1 heterocycles. The summed E-state index contributed by atoms with van der Waals surface area (Å²) in [6.45, 7) is 7.99. The Hall–Kier alpha value is -1.64. The van der Waals surface area contributed by atoms with Crippen molar-refractivity contribution in [1.82, 2.24) is 9.78 Å². The third kappa shape index (κ3) is 3.40. The Bertz CT molecular complexity index is 588. The first-order chi connectivity index (χ1) is 10.6. The quantitative estimate of drug-likeness (QED) is 0.786. The molecule has 2 aromatic rings. The summed E-state index contributed by atoms with van der Waals surface area (Å²) in [5.41, 5.74) is 1.32. The summed E-state index contributed by atoms with van der Waals surface area (Å²) in [5.74, 6) is 2.29. The molecule has 0 aliphatic heterocycles. The standard InChI is InChI=1S/C19H28N3/c1-15(2)18-10-9-16(3)11-19(18)22-14-21(13-20-22)12-17-7-5-4-6-8-17/h4-8,13-16,18-19H,9-12H2,1-3H3/q+1/t16-,18?,19?/m1/s1. The lowest BCUT2D eigenvalue weighted by atomic mass is 9.74. The highest BCUT2D eigenvalue weighted by Gasteiger charge is 2.35. The average Bonchev–Trinajstić information content (AvgIpc) is 2.96. The third-order valence-electron chi connectivity index (χ3n) is 5.13. The molecule has 3 rings (SSSR count). The lowest BCUT2D eigenvalue weighted by Crippen LogP contribution is -2.34. The van der Waals surface area contributed by atoms with Crippen molar-refractivity contribution in [2.24, 2.45) is 17.8 Å². The van der Waals surface area contributed by atoms with Gasteiger partial charge in [-0.05, 0) is 36.2 Å². The maximum Gasteiger partial charge on any atom is 0.265 e. The molecule has 0 radical (unpaired) electrons. The van der Waals surface area contributed by atoms with Gasteiger partial charge in [0.1, 0.15) is 6.04 Å². The van der Waals surface area contributed by atoms with E-state index >= 15 is 0 Å². The Kier molecular flexibility index (Phi) is 4.60. The van der Waals surface area contributed by atoms with E-state index in [0.29, 0.717) is 6.04 Å². The van der Waals surface area contributed by atoms with E-state index in [0.717, 1.165) is 24.3 Å². The molecule has 0 amide bonds. The highest BCUT2D eigenvalue weighted by molar-refractivity contribution is 5.13. The van der Waals surface area contributed by atoms with Crippen LogP contribution >= 0.6 is 0 Å². The molecule has 2 unspecified atom stereocenters. The molecular formula is C19H28N3+. The van der Waals surface area contributed by atoms with Gasteiger partial charge in [0.05, 0.1) is 6.54 Å². The van der Waals surface area contributed by atoms with Crippen LogP contribution in [0.2, 0.25) is 0 Å². The van der Waals surface area contributed by atoms with Gasteiger partial charge in [0, 0.05) is 5.10 Å². The minimum absolute atomic E-state index is 0.556. The smallest absolute Gasteiger partial charge is 0.233 e. The van der Waals surface area contributed by atoms with Crippen molar-refractivity contribution >= 4 is 0 Å². The number of rotatable bonds is 4. The summed E-state index contributed by atoms with van der Waals surface area (Å²) in [7, 11) is 0. The van der Waals surface area contributed by atoms with Crippen LogP contribution in [0, 0.1) is 17.8 Å². The van der Waals surface area contributed by atoms with Crippen LogP contribution in [0.3, 0.4) is 0 Å². The fraction of sp³-hybridized carbons (Fsp3) is 0.579. The van der Waals surface area contributed by atoms with Gasteiger partial charge in [-0.1, -0.05) is 57.5 Å². The van der Waals surface area contributed by atoms with Crippen molar-refractivity contribution in [2.45, 2.75) is 52.6 Å². The summed E-state index contributed by atoms with van der Waals surface area (Å²) >= 11 is 0. The van der Waals surface area contributed by atoms with Gasteiger partial charge in [-0.25, -0.2) is 4.57 Å². The largest absolute Gasteiger partial charge is 0.265 e. The van der Waals surface area contributed by atoms with Crippen LogP contribution in [-0.4, -0.2) is 9.78 Å². The second kappa shape index (κ2) is 6.64. The minimum Gasteiger partial charge on any atom is -0.233 e. The second-order valence-corrected chi connectivity index (χ2v) is 7.28. The molecule has 3 atom stereocenters. The molecule has 3 heteroatoms. The van der Waals surface area contributed by atoms with Crippen LogP contribution in [0.5, 0.6) is 0 Å². The second-order valence-electron chi connectivity index (χ2n) is 7.28. The minimum atomic E-state index is 0.556. The molecule has 0 saturated heterocycles. The van der Waals surface area contributed by atoms with E-state index in [-0.39, 0.29) is 0 Å². The van der Waals surface area contributed by atoms with Crippen molar-refractivity contribution < 1.29 is 4.57 Å². The molecular weight excluding hydrogens is 270 g/mol. The van der Waals surface area contributed by atoms with Crippen molar-refractivity contribution in [2.75, 3.05) is 0 Å². The van der Waals surface area contributed by atoms with Crippen molar-refractivity contribution in [3.63, 3.8) is 0 Å². The fourth-order valence-electron chi connectivity index (χ4n) is 3.84. The first-order valence-corrected chi connectivity index (χ1v) is 8.60. The van der Waals surface area contributed by atoms with E-state index in [9.17, 15) is 0 Å². The molecule has 22 heavy (non-hydrogen) atoms. The van der Waals surface area contributed by atoms with Gasteiger partial charge < -0.3 is 0 Å². The first kappa shape index (κ1) is 15.3. The average molecular weight is 298 g/mol. The summed E-state index contributed by atoms with van der Waals surface area (Å²) in [6, 6.07) is 11.2. The normalized spacial score (nSPS) is 25.5. The van der Waals surface area contributed by atoms with Crippen molar-refractivity contribution in [1.29, 1.82) is 0 Å². The maximum atomic E-state index is 4.68. The molecule has 1 aromatic carbocycles. The highest BCUT2D eigenvalue weighted by Crippen LogP contribution is 2.40. The molecule has 118 valence electrons. The number of aromatic nitrogens is 3. The summed E-state index contributed by atoms with van der Waals surface area (Å²) < 4.78 is 4.43. The lowest BCUT2D eigenvalue weighted by Gasteiger charge is -2.34. The Morgan fingerprint density at radius 2 is 2.00 bits per heavy atom. The summed E-state index contributed by atoms with van der Waals surface area (Å²) in [4.78, 5) is 0. The Labute approximate surface area is 134 Å². The van der Waals surface area contributed by atoms with Crippen LogP contribution in [-0.2, 0) is 6.54 Å². The number of nitrogens with zero attached hydrogens (tertiary/aromatic N) is 3. The molecule has 1 fully saturated rings. The Balaban J connectivity index is 1.76. The van der Waals surface area contributed by atoms with Gasteiger partial charge in [0.15, 0.2) is 0 Å². The summed E-state index contributed by atoms with van der Waals surface area (Å²) in [5, 5.41) is 4.68. The van der Waals surface area contributed by atoms with E-state index < -0.39 is 0 Å². The zero-order valence-electron chi connectivity index (χ0n) is 14.0. The van der Waals surface area contributed by atoms with E-state index in [4.69, 9.17) is 0 Å². The number of benzene rings is 1. The molecule has 1 aromatic heterocycles. The predicted molar refractivity (Wildman–Crippen MR) is 88.3 cm³/mol. The monoisotopic (exact) mass is 298 g/mol. The Morgan fingerprint density at radius 3 is 2.73 bits per heavy atom. The molecule has 0 spiro atoms. The predicted octanol–water partition coefficient (Wildman–Crippen LogP) is 3.85. The lowest BCUT2D eigenvalue weighted by molar-refractivity contribution is -0.689. The molecule has 1 aliphatic carbocycles. The van der Waals surface area contributed by atoms with Crippen LogP contribution in [0.1, 0.15) is 51.6 Å². The zero-order chi connectivity index (χ0) is 15.5. The third-order valence-corrected chi connectivity index (χ3v) is 5.13. The molecule has 0 N–H and O–H groups in total. The van der Waals surface area contributed by atoms with Crippen LogP contribution in [0.25, 0.3) is 0 Å². The van der Waals surface area contributed by atoms with E-state index in [1.807, 2.05) is 6.33 Å². The molecule has 1 saturated carbocycles. The van der Waals surface area contributed by atoms with Gasteiger partial charge >= 0.3 is 0 Å². The highest BCUT2D eigenvalue weighted by atomic mass is 15.4. The van der Waals surface area contributed by atoms with Crippen LogP contribution < -0.4 is 4.57 Å². The molecule has 1 aliphatic rings. The number of hydrogen-bond acceptors (Lipinski definition) is 1. The van der Waals surface area contributed by atoms with Gasteiger partial charge in [-0.15, -0.1) is 4.68 Å². The zero-order valence-corrected chi connectivity index (χ0v) is 14.0. The van der Waals surface area contributed by atoms with Gasteiger partial charge in [0.2, 0.25) is 6.33 Å². The van der Waals surface area contributed by atoms with Crippen LogP contribution in [0.15, 0.2) is 43.0 Å². The van der Waals surface area contributed by atoms with Gasteiger partial charge in [0.25, 0.3) is 6.33 Å². The topological polar surface area (TPSA) is 21.7 Å². The first-order valence-electron chi connectivity index (χ1n) is 8.60. The molecule has 0 bridgehead atoms. The summed E-state index contributed by atoms with van der Waals surface area (Å²) in [6.07, 6.45) is 8.14. The van der Waals surface area contributed by atoms with Crippen LogP contribution in [0.4, 0.5) is 0 Å². The Morgan fingerprint density at radius 1 is 1.23 bits per heavy atom. The van der Waals surface area contributed by atoms with E-state index in [2.05, 4.69) is 71.8 Å². The van der Waals surface area contributed by atoms with Gasteiger partial charge in [-0.2, -0.15) is 0 Å². The van der Waals surface area contributed by atoms with Crippen molar-refractivity contribution in [3.8, 4) is 0 Å². The van der Waals surface area contributed by atoms with Crippen molar-refractivity contribution in [3.05, 3.63) is 48.5 Å². The number of hydrogen-bond donors (Lipinski definition) is 0. The van der Waals surface area contributed by atoms with E-state index in [1.54, 1.807) is 0 Å². The fourth-order valence-corrected chi connectivity index (χ4v) is 3.84. The van der Waals surface area contributed by atoms with Gasteiger partial charge in [-0.3, -0.25) is 0 Å². The SMILES string of the molecule is CC(C)C1CC[C@@H](C)CC1n1c[n+](Cc2ccccc2)cn1. The molecule has 3 nitrogen and oxygen atoms in total.